The zero-order chi connectivity index (χ0) is 20.3. The number of hydrogen-bond acceptors (Lipinski definition) is 5. The molecule has 0 radical (unpaired) electrons. The van der Waals surface area contributed by atoms with Gasteiger partial charge in [0.1, 0.15) is 6.33 Å². The van der Waals surface area contributed by atoms with Gasteiger partial charge in [-0.2, -0.15) is 10.2 Å². The van der Waals surface area contributed by atoms with Gasteiger partial charge < -0.3 is 4.90 Å². The lowest BCUT2D eigenvalue weighted by Gasteiger charge is -2.18. The Morgan fingerprint density at radius 2 is 1.97 bits per heavy atom. The molecule has 0 unspecified atom stereocenters. The molecule has 0 aliphatic carbocycles. The summed E-state index contributed by atoms with van der Waals surface area (Å²) in [5.41, 5.74) is 5.30. The number of amides is 1. The minimum atomic E-state index is 0.442. The molecule has 0 spiro atoms. The molecule has 0 saturated heterocycles. The Balaban J connectivity index is 1.52. The van der Waals surface area contributed by atoms with Crippen LogP contribution in [0.2, 0.25) is 0 Å². The van der Waals surface area contributed by atoms with E-state index in [-0.39, 0.29) is 0 Å². The van der Waals surface area contributed by atoms with Crippen LogP contribution in [0.5, 0.6) is 0 Å². The van der Waals surface area contributed by atoms with Crippen LogP contribution in [0.1, 0.15) is 5.56 Å². The summed E-state index contributed by atoms with van der Waals surface area (Å²) in [6.45, 7) is 0.442. The molecule has 0 aliphatic heterocycles. The fourth-order valence-corrected chi connectivity index (χ4v) is 3.44. The summed E-state index contributed by atoms with van der Waals surface area (Å²) in [5, 5.41) is 15.3. The summed E-state index contributed by atoms with van der Waals surface area (Å²) >= 11 is 0. The number of aromatic amines is 2. The number of nitrogens with one attached hydrogen (secondary N) is 2. The molecule has 5 rings (SSSR count). The molecule has 3 aromatic heterocycles. The number of benzene rings is 2. The van der Waals surface area contributed by atoms with E-state index in [0.717, 1.165) is 45.4 Å². The smallest absolute Gasteiger partial charge is 0.214 e. The van der Waals surface area contributed by atoms with Crippen LogP contribution in [0, 0.1) is 0 Å². The first-order valence-corrected chi connectivity index (χ1v) is 9.37. The summed E-state index contributed by atoms with van der Waals surface area (Å²) in [7, 11) is 0. The second-order valence-electron chi connectivity index (χ2n) is 6.81. The Labute approximate surface area is 171 Å². The van der Waals surface area contributed by atoms with Gasteiger partial charge in [0.05, 0.1) is 17.8 Å². The average molecular weight is 395 g/mol. The standard InChI is InChI=1S/C22H17N7O/c30-14-29(12-15-3-2-8-23-11-15)18-5-1-4-16(9-18)21-19-10-17(22-24-13-25-28-22)6-7-20(19)26-27-21/h1-11,13-14H,12H2,(H,26,27)(H,24,25,28). The van der Waals surface area contributed by atoms with Crippen LogP contribution in [0.25, 0.3) is 33.5 Å². The second kappa shape index (κ2) is 7.59. The lowest BCUT2D eigenvalue weighted by Crippen LogP contribution is -2.20. The van der Waals surface area contributed by atoms with E-state index in [0.29, 0.717) is 12.4 Å². The number of carbonyl (C=O) groups is 1. The summed E-state index contributed by atoms with van der Waals surface area (Å²) < 4.78 is 0. The number of nitrogens with zero attached hydrogens (tertiary/aromatic N) is 5. The predicted molar refractivity (Wildman–Crippen MR) is 113 cm³/mol. The Morgan fingerprint density at radius 3 is 2.77 bits per heavy atom. The van der Waals surface area contributed by atoms with E-state index in [2.05, 4.69) is 30.4 Å². The van der Waals surface area contributed by atoms with Crippen molar-refractivity contribution in [1.29, 1.82) is 0 Å². The molecular weight excluding hydrogens is 378 g/mol. The monoisotopic (exact) mass is 395 g/mol. The Morgan fingerprint density at radius 1 is 1.00 bits per heavy atom. The zero-order valence-electron chi connectivity index (χ0n) is 15.9. The molecule has 0 fully saturated rings. The summed E-state index contributed by atoms with van der Waals surface area (Å²) in [4.78, 5) is 21.8. The highest BCUT2D eigenvalue weighted by atomic mass is 16.1. The third-order valence-electron chi connectivity index (χ3n) is 4.91. The van der Waals surface area contributed by atoms with Gasteiger partial charge >= 0.3 is 0 Å². The molecule has 0 bridgehead atoms. The molecule has 0 aliphatic rings. The first-order valence-electron chi connectivity index (χ1n) is 9.37. The van der Waals surface area contributed by atoms with Crippen molar-refractivity contribution in [3.63, 3.8) is 0 Å². The Hall–Kier alpha value is -4.33. The second-order valence-corrected chi connectivity index (χ2v) is 6.81. The molecule has 30 heavy (non-hydrogen) atoms. The molecular formula is C22H17N7O. The zero-order valence-corrected chi connectivity index (χ0v) is 15.9. The maximum Gasteiger partial charge on any atom is 0.214 e. The first-order chi connectivity index (χ1) is 14.8. The van der Waals surface area contributed by atoms with E-state index in [1.165, 1.54) is 6.33 Å². The van der Waals surface area contributed by atoms with Crippen molar-refractivity contribution in [1.82, 2.24) is 30.4 Å². The number of pyridine rings is 1. The molecule has 1 amide bonds. The van der Waals surface area contributed by atoms with Gasteiger partial charge in [0.25, 0.3) is 0 Å². The van der Waals surface area contributed by atoms with Gasteiger partial charge in [0, 0.05) is 34.6 Å². The van der Waals surface area contributed by atoms with Crippen LogP contribution in [0.15, 0.2) is 73.3 Å². The number of rotatable bonds is 6. The fourth-order valence-electron chi connectivity index (χ4n) is 3.44. The summed E-state index contributed by atoms with van der Waals surface area (Å²) in [6.07, 6.45) is 5.78. The quantitative estimate of drug-likeness (QED) is 0.428. The highest BCUT2D eigenvalue weighted by molar-refractivity contribution is 5.96. The maximum atomic E-state index is 11.8. The maximum absolute atomic E-state index is 11.8. The SMILES string of the molecule is O=CN(Cc1cccnc1)c1cccc(-c2n[nH]c3ccc(-c4ncn[nH]4)cc23)c1. The van der Waals surface area contributed by atoms with E-state index in [4.69, 9.17) is 0 Å². The average Bonchev–Trinajstić information content (AvgIpc) is 3.48. The fraction of sp³-hybridized carbons (Fsp3) is 0.0455. The van der Waals surface area contributed by atoms with Gasteiger partial charge in [-0.25, -0.2) is 4.98 Å². The molecule has 0 saturated carbocycles. The molecule has 0 atom stereocenters. The van der Waals surface area contributed by atoms with Crippen LogP contribution in [0.3, 0.4) is 0 Å². The first kappa shape index (κ1) is 17.7. The number of anilines is 1. The number of H-pyrrole nitrogens is 2. The van der Waals surface area contributed by atoms with Crippen molar-refractivity contribution in [3.05, 3.63) is 78.9 Å². The number of carbonyl (C=O) groups excluding carboxylic acids is 1. The van der Waals surface area contributed by atoms with E-state index in [9.17, 15) is 4.79 Å². The van der Waals surface area contributed by atoms with Gasteiger partial charge in [0.2, 0.25) is 6.41 Å². The summed E-state index contributed by atoms with van der Waals surface area (Å²) in [6, 6.07) is 17.5. The van der Waals surface area contributed by atoms with Gasteiger partial charge in [-0.3, -0.25) is 20.0 Å². The van der Waals surface area contributed by atoms with E-state index in [1.54, 1.807) is 17.3 Å². The Bertz CT molecular complexity index is 1300. The van der Waals surface area contributed by atoms with E-state index < -0.39 is 0 Å². The van der Waals surface area contributed by atoms with Crippen LogP contribution in [-0.2, 0) is 11.3 Å². The predicted octanol–water partition coefficient (Wildman–Crippen LogP) is 3.57. The number of hydrogen-bond donors (Lipinski definition) is 2. The minimum absolute atomic E-state index is 0.442. The summed E-state index contributed by atoms with van der Waals surface area (Å²) in [5.74, 6) is 0.696. The molecule has 8 nitrogen and oxygen atoms in total. The lowest BCUT2D eigenvalue weighted by atomic mass is 10.0. The Kier molecular flexibility index (Phi) is 4.49. The minimum Gasteiger partial charge on any atom is -0.310 e. The van der Waals surface area contributed by atoms with E-state index in [1.807, 2.05) is 54.6 Å². The van der Waals surface area contributed by atoms with Gasteiger partial charge in [-0.15, -0.1) is 0 Å². The highest BCUT2D eigenvalue weighted by Gasteiger charge is 2.13. The molecule has 5 aromatic rings. The van der Waals surface area contributed by atoms with Crippen molar-refractivity contribution in [3.8, 4) is 22.6 Å². The molecule has 8 heteroatoms. The third-order valence-corrected chi connectivity index (χ3v) is 4.91. The van der Waals surface area contributed by atoms with Gasteiger partial charge in [-0.1, -0.05) is 18.2 Å². The molecule has 3 heterocycles. The van der Waals surface area contributed by atoms with Crippen LogP contribution in [0.4, 0.5) is 5.69 Å². The van der Waals surface area contributed by atoms with Crippen LogP contribution >= 0.6 is 0 Å². The van der Waals surface area contributed by atoms with Crippen molar-refractivity contribution >= 4 is 23.0 Å². The van der Waals surface area contributed by atoms with Crippen molar-refractivity contribution < 1.29 is 4.79 Å². The molecule has 2 aromatic carbocycles. The largest absolute Gasteiger partial charge is 0.310 e. The van der Waals surface area contributed by atoms with Crippen molar-refractivity contribution in [2.45, 2.75) is 6.54 Å². The third kappa shape index (κ3) is 3.30. The topological polar surface area (TPSA) is 103 Å². The van der Waals surface area contributed by atoms with Crippen LogP contribution in [-0.4, -0.2) is 36.8 Å². The molecule has 2 N–H and O–H groups in total. The van der Waals surface area contributed by atoms with Crippen molar-refractivity contribution in [2.24, 2.45) is 0 Å². The normalized spacial score (nSPS) is 10.9. The highest BCUT2D eigenvalue weighted by Crippen LogP contribution is 2.31. The van der Waals surface area contributed by atoms with Crippen molar-refractivity contribution in [2.75, 3.05) is 4.90 Å². The van der Waals surface area contributed by atoms with Gasteiger partial charge in [0.15, 0.2) is 5.82 Å². The van der Waals surface area contributed by atoms with E-state index >= 15 is 0 Å². The number of aromatic nitrogens is 6. The number of fused-ring (bicyclic) bond motifs is 1. The van der Waals surface area contributed by atoms with Crippen LogP contribution < -0.4 is 4.90 Å². The molecule has 146 valence electrons. The van der Waals surface area contributed by atoms with Gasteiger partial charge in [-0.05, 0) is 42.0 Å². The lowest BCUT2D eigenvalue weighted by molar-refractivity contribution is -0.107.